The van der Waals surface area contributed by atoms with Crippen molar-refractivity contribution >= 4 is 34.8 Å². The molecule has 2 aliphatic rings. The summed E-state index contributed by atoms with van der Waals surface area (Å²) in [5.41, 5.74) is 2.45. The Balaban J connectivity index is 1.63. The number of nitrogens with zero attached hydrogens (tertiary/aromatic N) is 1. The predicted octanol–water partition coefficient (Wildman–Crippen LogP) is 3.57. The minimum absolute atomic E-state index is 0.118. The Labute approximate surface area is 161 Å². The van der Waals surface area contributed by atoms with Gasteiger partial charge in [-0.25, -0.2) is 0 Å². The molecule has 1 amide bonds. The Bertz CT molecular complexity index is 860. The number of aromatic nitrogens is 1. The number of carbonyl (C=O) groups excluding carboxylic acids is 1. The van der Waals surface area contributed by atoms with Crippen LogP contribution in [0.1, 0.15) is 23.6 Å². The minimum atomic E-state index is -0.635. The highest BCUT2D eigenvalue weighted by Gasteiger charge is 2.57. The van der Waals surface area contributed by atoms with Crippen molar-refractivity contribution < 1.29 is 14.6 Å². The molecule has 2 aliphatic heterocycles. The van der Waals surface area contributed by atoms with Crippen LogP contribution in [0.4, 0.5) is 5.69 Å². The minimum Gasteiger partial charge on any atom is -0.390 e. The number of aliphatic hydroxyl groups excluding tert-OH is 1. The first-order valence-electron chi connectivity index (χ1n) is 8.46. The van der Waals surface area contributed by atoms with Gasteiger partial charge in [-0.1, -0.05) is 23.2 Å². The fraction of sp³-hybridized carbons (Fsp3) is 0.368. The van der Waals surface area contributed by atoms with Gasteiger partial charge in [-0.3, -0.25) is 9.78 Å². The third kappa shape index (κ3) is 3.09. The maximum atomic E-state index is 13.0. The zero-order chi connectivity index (χ0) is 18.4. The van der Waals surface area contributed by atoms with Gasteiger partial charge in [-0.15, -0.1) is 0 Å². The number of fused-ring (bicyclic) bond motifs is 2. The Kier molecular flexibility index (Phi) is 4.65. The van der Waals surface area contributed by atoms with Crippen LogP contribution in [0, 0.1) is 12.8 Å². The number of aryl methyl sites for hydroxylation is 1. The number of ether oxygens (including phenoxy) is 1. The number of rotatable bonds is 3. The SMILES string of the molecule is Cc1cc([C@H]2[C@H](C(=O)Nc3ccc(Cl)c(Cl)c3)[C@H]3O[C@@H]2C[C@@H]3O)ccn1. The highest BCUT2D eigenvalue weighted by Crippen LogP contribution is 2.49. The number of carbonyl (C=O) groups is 1. The fourth-order valence-electron chi connectivity index (χ4n) is 4.02. The lowest BCUT2D eigenvalue weighted by molar-refractivity contribution is -0.123. The third-order valence-electron chi connectivity index (χ3n) is 5.12. The Morgan fingerprint density at radius 1 is 1.27 bits per heavy atom. The number of amides is 1. The molecule has 0 spiro atoms. The Morgan fingerprint density at radius 3 is 2.81 bits per heavy atom. The van der Waals surface area contributed by atoms with Gasteiger partial charge in [0.15, 0.2) is 0 Å². The van der Waals surface area contributed by atoms with Crippen LogP contribution in [0.2, 0.25) is 10.0 Å². The van der Waals surface area contributed by atoms with Crippen molar-refractivity contribution in [1.29, 1.82) is 0 Å². The quantitative estimate of drug-likeness (QED) is 0.837. The lowest BCUT2D eigenvalue weighted by atomic mass is 9.74. The topological polar surface area (TPSA) is 71.5 Å². The number of nitrogens with one attached hydrogen (secondary N) is 1. The van der Waals surface area contributed by atoms with Gasteiger partial charge >= 0.3 is 0 Å². The van der Waals surface area contributed by atoms with E-state index in [0.717, 1.165) is 11.3 Å². The number of hydrogen-bond acceptors (Lipinski definition) is 4. The van der Waals surface area contributed by atoms with Gasteiger partial charge in [0.05, 0.1) is 34.3 Å². The van der Waals surface area contributed by atoms with Crippen molar-refractivity contribution in [2.75, 3.05) is 5.32 Å². The summed E-state index contributed by atoms with van der Waals surface area (Å²) in [5, 5.41) is 13.9. The van der Waals surface area contributed by atoms with Crippen molar-refractivity contribution in [2.45, 2.75) is 37.6 Å². The molecule has 4 rings (SSSR count). The van der Waals surface area contributed by atoms with E-state index in [1.807, 2.05) is 19.1 Å². The van der Waals surface area contributed by atoms with Crippen LogP contribution >= 0.6 is 23.2 Å². The summed E-state index contributed by atoms with van der Waals surface area (Å²) >= 11 is 12.0. The molecule has 0 radical (unpaired) electrons. The van der Waals surface area contributed by atoms with Gasteiger partial charge in [0.1, 0.15) is 0 Å². The number of pyridine rings is 1. The molecule has 7 heteroatoms. The van der Waals surface area contributed by atoms with Gasteiger partial charge in [-0.05, 0) is 42.8 Å². The van der Waals surface area contributed by atoms with E-state index in [1.54, 1.807) is 24.4 Å². The summed E-state index contributed by atoms with van der Waals surface area (Å²) in [6, 6.07) is 8.82. The average Bonchev–Trinajstić information content (AvgIpc) is 3.15. The molecule has 1 aromatic heterocycles. The Hall–Kier alpha value is -1.66. The van der Waals surface area contributed by atoms with Crippen LogP contribution in [0.15, 0.2) is 36.5 Å². The molecule has 0 unspecified atom stereocenters. The molecule has 2 aromatic rings. The molecule has 0 aliphatic carbocycles. The molecule has 26 heavy (non-hydrogen) atoms. The van der Waals surface area contributed by atoms with E-state index in [0.29, 0.717) is 22.2 Å². The molecule has 5 atom stereocenters. The van der Waals surface area contributed by atoms with E-state index in [4.69, 9.17) is 27.9 Å². The summed E-state index contributed by atoms with van der Waals surface area (Å²) in [6.07, 6.45) is 0.945. The zero-order valence-corrected chi connectivity index (χ0v) is 15.5. The molecule has 5 nitrogen and oxygen atoms in total. The highest BCUT2D eigenvalue weighted by molar-refractivity contribution is 6.42. The molecule has 1 aromatic carbocycles. The van der Waals surface area contributed by atoms with E-state index < -0.39 is 18.1 Å². The van der Waals surface area contributed by atoms with Gasteiger partial charge < -0.3 is 15.2 Å². The molecule has 3 heterocycles. The molecular formula is C19H18Cl2N2O3. The lowest BCUT2D eigenvalue weighted by Crippen LogP contribution is -2.42. The summed E-state index contributed by atoms with van der Waals surface area (Å²) in [4.78, 5) is 17.2. The number of benzene rings is 1. The molecule has 136 valence electrons. The lowest BCUT2D eigenvalue weighted by Gasteiger charge is -2.30. The van der Waals surface area contributed by atoms with Crippen molar-refractivity contribution in [3.63, 3.8) is 0 Å². The molecule has 2 fully saturated rings. The maximum Gasteiger partial charge on any atom is 0.230 e. The predicted molar refractivity (Wildman–Crippen MR) is 99.6 cm³/mol. The second kappa shape index (κ2) is 6.82. The standard InChI is InChI=1S/C19H18Cl2N2O3/c1-9-6-10(4-5-22-9)16-15-8-14(24)18(26-15)17(16)19(25)23-11-2-3-12(20)13(21)7-11/h2-7,14-18,24H,8H2,1H3,(H,23,25)/t14-,15+,16+,17-,18-/m0/s1. The molecule has 2 N–H and O–H groups in total. The molecule has 2 bridgehead atoms. The number of anilines is 1. The van der Waals surface area contributed by atoms with Crippen molar-refractivity contribution in [3.8, 4) is 0 Å². The van der Waals surface area contributed by atoms with E-state index >= 15 is 0 Å². The second-order valence-electron chi connectivity index (χ2n) is 6.84. The first kappa shape index (κ1) is 17.7. The fourth-order valence-corrected chi connectivity index (χ4v) is 4.32. The first-order chi connectivity index (χ1) is 12.4. The molecular weight excluding hydrogens is 375 g/mol. The molecule has 2 saturated heterocycles. The summed E-state index contributed by atoms with van der Waals surface area (Å²) in [5.74, 6) is -0.804. The van der Waals surface area contributed by atoms with Crippen LogP contribution in [0.5, 0.6) is 0 Å². The normalized spacial score (nSPS) is 29.8. The van der Waals surface area contributed by atoms with Crippen molar-refractivity contribution in [3.05, 3.63) is 57.8 Å². The smallest absolute Gasteiger partial charge is 0.230 e. The van der Waals surface area contributed by atoms with Crippen LogP contribution in [-0.4, -0.2) is 34.3 Å². The van der Waals surface area contributed by atoms with Gasteiger partial charge in [0, 0.05) is 29.9 Å². The molecule has 0 saturated carbocycles. The first-order valence-corrected chi connectivity index (χ1v) is 9.21. The summed E-state index contributed by atoms with van der Waals surface area (Å²) in [6.45, 7) is 1.91. The van der Waals surface area contributed by atoms with Crippen molar-refractivity contribution in [1.82, 2.24) is 4.98 Å². The van der Waals surface area contributed by atoms with E-state index in [9.17, 15) is 9.90 Å². The van der Waals surface area contributed by atoms with E-state index in [-0.39, 0.29) is 17.9 Å². The monoisotopic (exact) mass is 392 g/mol. The number of hydrogen-bond donors (Lipinski definition) is 2. The third-order valence-corrected chi connectivity index (χ3v) is 5.86. The summed E-state index contributed by atoms with van der Waals surface area (Å²) < 4.78 is 5.93. The second-order valence-corrected chi connectivity index (χ2v) is 7.66. The zero-order valence-electron chi connectivity index (χ0n) is 14.0. The van der Waals surface area contributed by atoms with E-state index in [1.165, 1.54) is 0 Å². The van der Waals surface area contributed by atoms with Gasteiger partial charge in [0.2, 0.25) is 5.91 Å². The van der Waals surface area contributed by atoms with E-state index in [2.05, 4.69) is 10.3 Å². The Morgan fingerprint density at radius 2 is 2.08 bits per heavy atom. The highest BCUT2D eigenvalue weighted by atomic mass is 35.5. The van der Waals surface area contributed by atoms with Crippen LogP contribution in [-0.2, 0) is 9.53 Å². The maximum absolute atomic E-state index is 13.0. The largest absolute Gasteiger partial charge is 0.390 e. The van der Waals surface area contributed by atoms with Crippen molar-refractivity contribution in [2.24, 2.45) is 5.92 Å². The van der Waals surface area contributed by atoms with Crippen LogP contribution < -0.4 is 5.32 Å². The number of halogens is 2. The van der Waals surface area contributed by atoms with Crippen LogP contribution in [0.3, 0.4) is 0 Å². The summed E-state index contributed by atoms with van der Waals surface area (Å²) in [7, 11) is 0. The van der Waals surface area contributed by atoms with Crippen LogP contribution in [0.25, 0.3) is 0 Å². The van der Waals surface area contributed by atoms with Gasteiger partial charge in [-0.2, -0.15) is 0 Å². The number of aliphatic hydroxyl groups is 1. The van der Waals surface area contributed by atoms with Gasteiger partial charge in [0.25, 0.3) is 0 Å². The average molecular weight is 393 g/mol.